The Morgan fingerprint density at radius 3 is 2.50 bits per heavy atom. The van der Waals surface area contributed by atoms with Crippen LogP contribution in [0.5, 0.6) is 0 Å². The normalized spacial score (nSPS) is 33.2. The van der Waals surface area contributed by atoms with Gasteiger partial charge in [-0.25, -0.2) is 0 Å². The van der Waals surface area contributed by atoms with Gasteiger partial charge in [-0.05, 0) is 0 Å². The predicted octanol–water partition coefficient (Wildman–Crippen LogP) is -1.02. The average molecular weight is 218 g/mol. The first-order chi connectivity index (χ1) is 6.88. The monoisotopic (exact) mass is 218 g/mol. The first-order valence-corrected chi connectivity index (χ1v) is 6.10. The van der Waals surface area contributed by atoms with Crippen molar-refractivity contribution in [2.45, 2.75) is 0 Å². The molecule has 0 saturated carbocycles. The van der Waals surface area contributed by atoms with Crippen molar-refractivity contribution in [2.24, 2.45) is 0 Å². The zero-order valence-electron chi connectivity index (χ0n) is 8.35. The molecule has 2 rings (SSSR count). The first-order valence-electron chi connectivity index (χ1n) is 4.95. The van der Waals surface area contributed by atoms with Crippen LogP contribution >= 0.6 is 11.8 Å². The molecule has 2 saturated heterocycles. The minimum absolute atomic E-state index is 0.285. The molecule has 2 aliphatic rings. The van der Waals surface area contributed by atoms with Crippen LogP contribution in [0.15, 0.2) is 0 Å². The van der Waals surface area contributed by atoms with E-state index in [-0.39, 0.29) is 6.61 Å². The van der Waals surface area contributed by atoms with Crippen LogP contribution < -0.4 is 5.32 Å². The van der Waals surface area contributed by atoms with Gasteiger partial charge in [-0.3, -0.25) is 20.0 Å². The topological polar surface area (TPSA) is 42.0 Å². The lowest BCUT2D eigenvalue weighted by Crippen LogP contribution is -2.62. The summed E-state index contributed by atoms with van der Waals surface area (Å²) in [6, 6.07) is 0. The van der Waals surface area contributed by atoms with Gasteiger partial charge in [0.1, 0.15) is 0 Å². The summed E-state index contributed by atoms with van der Waals surface area (Å²) in [6.45, 7) is 5.46. The van der Waals surface area contributed by atoms with Gasteiger partial charge in [0, 0.05) is 11.6 Å². The van der Waals surface area contributed by atoms with Gasteiger partial charge in [-0.2, -0.15) is 0 Å². The lowest BCUT2D eigenvalue weighted by molar-refractivity contribution is -0.0585. The summed E-state index contributed by atoms with van der Waals surface area (Å²) < 4.78 is 0. The van der Waals surface area contributed by atoms with Crippen LogP contribution in [0.1, 0.15) is 0 Å². The van der Waals surface area contributed by atoms with Crippen LogP contribution in [0.2, 0.25) is 0 Å². The maximum atomic E-state index is 8.69. The van der Waals surface area contributed by atoms with Crippen molar-refractivity contribution >= 4 is 11.8 Å². The third kappa shape index (κ3) is 2.82. The second-order valence-corrected chi connectivity index (χ2v) is 4.84. The van der Waals surface area contributed by atoms with Gasteiger partial charge < -0.3 is 5.11 Å². The summed E-state index contributed by atoms with van der Waals surface area (Å²) in [6.07, 6.45) is 0. The van der Waals surface area contributed by atoms with E-state index < -0.39 is 0 Å². The Kier molecular flexibility index (Phi) is 4.03. The van der Waals surface area contributed by atoms with Crippen LogP contribution in [-0.2, 0) is 0 Å². The molecule has 0 aliphatic carbocycles. The van der Waals surface area contributed by atoms with Crippen molar-refractivity contribution in [3.63, 3.8) is 0 Å². The largest absolute Gasteiger partial charge is 0.396 e. The van der Waals surface area contributed by atoms with Crippen molar-refractivity contribution in [3.8, 4) is 0 Å². The molecule has 2 unspecified atom stereocenters. The maximum absolute atomic E-state index is 8.69. The minimum Gasteiger partial charge on any atom is -0.396 e. The highest BCUT2D eigenvalue weighted by Crippen LogP contribution is 2.12. The average Bonchev–Trinajstić information content (AvgIpc) is 2.18. The summed E-state index contributed by atoms with van der Waals surface area (Å²) in [7, 11) is 0. The second-order valence-electron chi connectivity index (χ2n) is 3.76. The van der Waals surface area contributed by atoms with E-state index in [1.54, 1.807) is 11.8 Å². The molecule has 0 aromatic heterocycles. The number of aliphatic hydroxyl groups excluding tert-OH is 1. The molecule has 2 bridgehead atoms. The highest BCUT2D eigenvalue weighted by Gasteiger charge is 2.25. The molecule has 0 aromatic rings. The molecule has 0 aromatic carbocycles. The van der Waals surface area contributed by atoms with E-state index in [4.69, 9.17) is 5.11 Å². The van der Waals surface area contributed by atoms with E-state index in [2.05, 4.69) is 20.0 Å². The van der Waals surface area contributed by atoms with Crippen LogP contribution in [0, 0.1) is 0 Å². The van der Waals surface area contributed by atoms with Crippen molar-refractivity contribution in [1.29, 1.82) is 0 Å². The van der Waals surface area contributed by atoms with Crippen LogP contribution in [0.3, 0.4) is 0 Å². The molecule has 0 radical (unpaired) electrons. The van der Waals surface area contributed by atoms with Gasteiger partial charge in [0.25, 0.3) is 0 Å². The molecule has 2 N–H and O–H groups in total. The Hall–Kier alpha value is 0.150. The standard InChI is InChI=1S/C8H18N4OS/c13-1-2-14-8-12-6-10-3-9-4-11(5-10)7-12/h9,13H,1-8H2. The Labute approximate surface area is 89.0 Å². The summed E-state index contributed by atoms with van der Waals surface area (Å²) in [5.74, 6) is 1.86. The Bertz CT molecular complexity index is 171. The molecular formula is C8H18N4OS. The van der Waals surface area contributed by atoms with E-state index in [1.165, 1.54) is 0 Å². The molecular weight excluding hydrogens is 200 g/mol. The molecule has 0 spiro atoms. The fourth-order valence-corrected chi connectivity index (χ4v) is 2.57. The lowest BCUT2D eigenvalue weighted by Gasteiger charge is -2.45. The third-order valence-electron chi connectivity index (χ3n) is 2.38. The van der Waals surface area contributed by atoms with Gasteiger partial charge in [0.15, 0.2) is 0 Å². The zero-order chi connectivity index (χ0) is 9.80. The Balaban J connectivity index is 1.72. The third-order valence-corrected chi connectivity index (χ3v) is 3.40. The quantitative estimate of drug-likeness (QED) is 0.589. The van der Waals surface area contributed by atoms with Crippen molar-refractivity contribution in [1.82, 2.24) is 20.0 Å². The maximum Gasteiger partial charge on any atom is 0.0554 e. The second kappa shape index (κ2) is 5.29. The number of aliphatic hydroxyl groups is 1. The fourth-order valence-electron chi connectivity index (χ4n) is 1.89. The van der Waals surface area contributed by atoms with Gasteiger partial charge in [-0.1, -0.05) is 0 Å². The van der Waals surface area contributed by atoms with Crippen LogP contribution in [-0.4, -0.2) is 71.4 Å². The number of nitrogens with zero attached hydrogens (tertiary/aromatic N) is 3. The minimum atomic E-state index is 0.285. The lowest BCUT2D eigenvalue weighted by atomic mass is 10.5. The summed E-state index contributed by atoms with van der Waals surface area (Å²) in [5.41, 5.74) is 0. The number of hydrogen-bond donors (Lipinski definition) is 2. The van der Waals surface area contributed by atoms with Gasteiger partial charge in [0.05, 0.1) is 40.0 Å². The highest BCUT2D eigenvalue weighted by atomic mass is 32.2. The zero-order valence-corrected chi connectivity index (χ0v) is 9.17. The molecule has 2 heterocycles. The first kappa shape index (κ1) is 10.7. The van der Waals surface area contributed by atoms with Crippen molar-refractivity contribution in [2.75, 3.05) is 51.6 Å². The molecule has 0 amide bonds. The number of thioether (sulfide) groups is 1. The summed E-state index contributed by atoms with van der Waals surface area (Å²) >= 11 is 1.80. The molecule has 2 fully saturated rings. The molecule has 14 heavy (non-hydrogen) atoms. The van der Waals surface area contributed by atoms with E-state index in [1.807, 2.05) is 0 Å². The van der Waals surface area contributed by atoms with Gasteiger partial charge >= 0.3 is 0 Å². The number of hydrogen-bond acceptors (Lipinski definition) is 6. The van der Waals surface area contributed by atoms with E-state index >= 15 is 0 Å². The Morgan fingerprint density at radius 1 is 1.14 bits per heavy atom. The fraction of sp³-hybridized carbons (Fsp3) is 1.00. The number of fused-ring (bicyclic) bond motifs is 2. The van der Waals surface area contributed by atoms with Gasteiger partial charge in [-0.15, -0.1) is 11.8 Å². The van der Waals surface area contributed by atoms with Crippen molar-refractivity contribution in [3.05, 3.63) is 0 Å². The predicted molar refractivity (Wildman–Crippen MR) is 57.4 cm³/mol. The highest BCUT2D eigenvalue weighted by molar-refractivity contribution is 7.99. The smallest absolute Gasteiger partial charge is 0.0554 e. The molecule has 2 aliphatic heterocycles. The van der Waals surface area contributed by atoms with Crippen molar-refractivity contribution < 1.29 is 5.11 Å². The van der Waals surface area contributed by atoms with Crippen LogP contribution in [0.25, 0.3) is 0 Å². The molecule has 5 nitrogen and oxygen atoms in total. The van der Waals surface area contributed by atoms with Gasteiger partial charge in [0.2, 0.25) is 0 Å². The van der Waals surface area contributed by atoms with E-state index in [0.29, 0.717) is 0 Å². The number of rotatable bonds is 4. The van der Waals surface area contributed by atoms with E-state index in [0.717, 1.165) is 45.0 Å². The van der Waals surface area contributed by atoms with Crippen LogP contribution in [0.4, 0.5) is 0 Å². The number of nitrogens with one attached hydrogen (secondary N) is 1. The molecule has 6 heteroatoms. The summed E-state index contributed by atoms with van der Waals surface area (Å²) in [4.78, 5) is 7.17. The summed E-state index contributed by atoms with van der Waals surface area (Å²) in [5, 5.41) is 12.0. The van der Waals surface area contributed by atoms with E-state index in [9.17, 15) is 0 Å². The Morgan fingerprint density at radius 2 is 1.86 bits per heavy atom. The molecule has 82 valence electrons. The molecule has 2 atom stereocenters. The SMILES string of the molecule is OCCSCN1CN2CNCN(C2)C1.